The van der Waals surface area contributed by atoms with E-state index in [0.29, 0.717) is 31.1 Å². The van der Waals surface area contributed by atoms with E-state index in [1.807, 2.05) is 0 Å². The van der Waals surface area contributed by atoms with Crippen molar-refractivity contribution in [3.63, 3.8) is 0 Å². The second-order valence-electron chi connectivity index (χ2n) is 6.97. The molecule has 1 atom stereocenters. The Labute approximate surface area is 169 Å². The van der Waals surface area contributed by atoms with Gasteiger partial charge in [0.15, 0.2) is 11.5 Å². The molecule has 1 aliphatic heterocycles. The van der Waals surface area contributed by atoms with E-state index in [9.17, 15) is 17.6 Å². The van der Waals surface area contributed by atoms with Gasteiger partial charge in [-0.1, -0.05) is 26.0 Å². The van der Waals surface area contributed by atoms with E-state index < -0.39 is 27.8 Å². The summed E-state index contributed by atoms with van der Waals surface area (Å²) in [6.45, 7) is 4.30. The molecular weight excluding hydrogens is 399 g/mol. The highest BCUT2D eigenvalue weighted by molar-refractivity contribution is 7.89. The number of hydrogen-bond acceptors (Lipinski definition) is 5. The molecule has 29 heavy (non-hydrogen) atoms. The molecule has 0 aromatic heterocycles. The number of benzene rings is 2. The molecule has 0 saturated heterocycles. The number of sulfonamides is 1. The Morgan fingerprint density at radius 3 is 2.45 bits per heavy atom. The van der Waals surface area contributed by atoms with E-state index in [-0.39, 0.29) is 16.5 Å². The second kappa shape index (κ2) is 8.79. The number of amides is 1. The van der Waals surface area contributed by atoms with Crippen molar-refractivity contribution >= 4 is 21.6 Å². The highest BCUT2D eigenvalue weighted by Gasteiger charge is 2.29. The zero-order valence-corrected chi connectivity index (χ0v) is 17.0. The smallest absolute Gasteiger partial charge is 0.242 e. The molecule has 0 bridgehead atoms. The fourth-order valence-corrected chi connectivity index (χ4v) is 4.17. The minimum Gasteiger partial charge on any atom is -0.490 e. The van der Waals surface area contributed by atoms with Gasteiger partial charge < -0.3 is 14.8 Å². The molecule has 0 aliphatic carbocycles. The van der Waals surface area contributed by atoms with E-state index in [4.69, 9.17) is 9.47 Å². The highest BCUT2D eigenvalue weighted by Crippen LogP contribution is 2.32. The van der Waals surface area contributed by atoms with Gasteiger partial charge in [-0.3, -0.25) is 4.79 Å². The molecule has 2 aromatic rings. The van der Waals surface area contributed by atoms with Gasteiger partial charge in [-0.25, -0.2) is 12.8 Å². The van der Waals surface area contributed by atoms with Crippen LogP contribution in [-0.2, 0) is 14.8 Å². The second-order valence-corrected chi connectivity index (χ2v) is 8.69. The molecule has 1 aliphatic rings. The summed E-state index contributed by atoms with van der Waals surface area (Å²) in [5.41, 5.74) is -0.0158. The first-order valence-corrected chi connectivity index (χ1v) is 10.7. The van der Waals surface area contributed by atoms with Crippen molar-refractivity contribution in [2.75, 3.05) is 18.5 Å². The van der Waals surface area contributed by atoms with Crippen molar-refractivity contribution in [2.45, 2.75) is 31.2 Å². The first-order valence-electron chi connectivity index (χ1n) is 9.25. The van der Waals surface area contributed by atoms with Crippen molar-refractivity contribution in [3.8, 4) is 11.5 Å². The van der Waals surface area contributed by atoms with Gasteiger partial charge >= 0.3 is 0 Å². The molecule has 1 unspecified atom stereocenters. The fraction of sp³-hybridized carbons (Fsp3) is 0.350. The maximum absolute atomic E-state index is 13.8. The van der Waals surface area contributed by atoms with Crippen LogP contribution in [0, 0.1) is 11.7 Å². The molecule has 0 saturated carbocycles. The standard InChI is InChI=1S/C20H23FN2O5S/c1-13(2)19(20(24)22-16-7-4-3-6-15(16)21)23-29(25,26)14-8-9-17-18(12-14)28-11-5-10-27-17/h3-4,6-9,12-13,19,23H,5,10-11H2,1-2H3,(H,22,24). The average molecular weight is 422 g/mol. The van der Waals surface area contributed by atoms with Crippen LogP contribution in [0.25, 0.3) is 0 Å². The summed E-state index contributed by atoms with van der Waals surface area (Å²) in [6, 6.07) is 8.87. The lowest BCUT2D eigenvalue weighted by molar-refractivity contribution is -0.118. The SMILES string of the molecule is CC(C)C(NS(=O)(=O)c1ccc2c(c1)OCCCO2)C(=O)Nc1ccccc1F. The van der Waals surface area contributed by atoms with Crippen LogP contribution in [0.1, 0.15) is 20.3 Å². The normalized spacial score (nSPS) is 14.9. The molecule has 156 valence electrons. The van der Waals surface area contributed by atoms with Gasteiger partial charge in [0.25, 0.3) is 0 Å². The van der Waals surface area contributed by atoms with Crippen molar-refractivity contribution in [2.24, 2.45) is 5.92 Å². The Morgan fingerprint density at radius 2 is 1.76 bits per heavy atom. The van der Waals surface area contributed by atoms with Gasteiger partial charge in [0.2, 0.25) is 15.9 Å². The number of nitrogens with one attached hydrogen (secondary N) is 2. The maximum Gasteiger partial charge on any atom is 0.242 e. The molecule has 0 spiro atoms. The molecule has 1 heterocycles. The predicted octanol–water partition coefficient (Wildman–Crippen LogP) is 2.93. The number of halogens is 1. The monoisotopic (exact) mass is 422 g/mol. The minimum absolute atomic E-state index is 0.0158. The van der Waals surface area contributed by atoms with Crippen LogP contribution in [-0.4, -0.2) is 33.6 Å². The van der Waals surface area contributed by atoms with Crippen molar-refractivity contribution in [1.82, 2.24) is 4.72 Å². The van der Waals surface area contributed by atoms with Crippen molar-refractivity contribution < 1.29 is 27.1 Å². The largest absolute Gasteiger partial charge is 0.490 e. The van der Waals surface area contributed by atoms with E-state index in [1.165, 1.54) is 36.4 Å². The van der Waals surface area contributed by atoms with Crippen LogP contribution in [0.2, 0.25) is 0 Å². The van der Waals surface area contributed by atoms with Crippen LogP contribution in [0.15, 0.2) is 47.4 Å². The summed E-state index contributed by atoms with van der Waals surface area (Å²) >= 11 is 0. The molecule has 2 N–H and O–H groups in total. The van der Waals surface area contributed by atoms with Crippen molar-refractivity contribution in [3.05, 3.63) is 48.3 Å². The first kappa shape index (κ1) is 21.1. The summed E-state index contributed by atoms with van der Waals surface area (Å²) in [5, 5.41) is 2.44. The number of carbonyl (C=O) groups is 1. The van der Waals surface area contributed by atoms with Gasteiger partial charge in [-0.05, 0) is 30.2 Å². The highest BCUT2D eigenvalue weighted by atomic mass is 32.2. The summed E-state index contributed by atoms with van der Waals surface area (Å²) in [6.07, 6.45) is 0.695. The third-order valence-corrected chi connectivity index (χ3v) is 5.83. The molecule has 9 heteroatoms. The van der Waals surface area contributed by atoms with E-state index in [0.717, 1.165) is 0 Å². The Morgan fingerprint density at radius 1 is 1.07 bits per heavy atom. The molecule has 7 nitrogen and oxygen atoms in total. The van der Waals surface area contributed by atoms with Gasteiger partial charge in [-0.15, -0.1) is 0 Å². The van der Waals surface area contributed by atoms with Crippen molar-refractivity contribution in [1.29, 1.82) is 0 Å². The Balaban J connectivity index is 1.81. The lowest BCUT2D eigenvalue weighted by Gasteiger charge is -2.22. The maximum atomic E-state index is 13.8. The first-order chi connectivity index (χ1) is 13.8. The summed E-state index contributed by atoms with van der Waals surface area (Å²) in [4.78, 5) is 12.6. The summed E-state index contributed by atoms with van der Waals surface area (Å²) in [5.74, 6) is -0.824. The van der Waals surface area contributed by atoms with E-state index >= 15 is 0 Å². The van der Waals surface area contributed by atoms with Crippen LogP contribution < -0.4 is 19.5 Å². The fourth-order valence-electron chi connectivity index (χ4n) is 2.81. The van der Waals surface area contributed by atoms with E-state index in [1.54, 1.807) is 19.9 Å². The topological polar surface area (TPSA) is 93.7 Å². The van der Waals surface area contributed by atoms with Gasteiger partial charge in [-0.2, -0.15) is 4.72 Å². The van der Waals surface area contributed by atoms with Crippen LogP contribution in [0.4, 0.5) is 10.1 Å². The molecular formula is C20H23FN2O5S. The molecule has 0 fully saturated rings. The minimum atomic E-state index is -4.04. The van der Waals surface area contributed by atoms with Gasteiger partial charge in [0.1, 0.15) is 11.9 Å². The average Bonchev–Trinajstić information content (AvgIpc) is 2.92. The van der Waals surface area contributed by atoms with Crippen LogP contribution in [0.5, 0.6) is 11.5 Å². The molecule has 2 aromatic carbocycles. The predicted molar refractivity (Wildman–Crippen MR) is 106 cm³/mol. The van der Waals surface area contributed by atoms with Crippen LogP contribution >= 0.6 is 0 Å². The number of rotatable bonds is 6. The number of hydrogen-bond donors (Lipinski definition) is 2. The zero-order chi connectivity index (χ0) is 21.0. The Bertz CT molecular complexity index is 994. The molecule has 1 amide bonds. The summed E-state index contributed by atoms with van der Waals surface area (Å²) < 4.78 is 53.1. The lowest BCUT2D eigenvalue weighted by Crippen LogP contribution is -2.47. The van der Waals surface area contributed by atoms with Gasteiger partial charge in [0.05, 0.1) is 23.8 Å². The number of anilines is 1. The van der Waals surface area contributed by atoms with Crippen LogP contribution in [0.3, 0.4) is 0 Å². The Hall–Kier alpha value is -2.65. The lowest BCUT2D eigenvalue weighted by atomic mass is 10.0. The van der Waals surface area contributed by atoms with E-state index in [2.05, 4.69) is 10.0 Å². The number of carbonyl (C=O) groups excluding carboxylic acids is 1. The molecule has 0 radical (unpaired) electrons. The molecule has 3 rings (SSSR count). The van der Waals surface area contributed by atoms with Gasteiger partial charge in [0, 0.05) is 12.5 Å². The third-order valence-electron chi connectivity index (χ3n) is 4.39. The number of para-hydroxylation sites is 1. The number of ether oxygens (including phenoxy) is 2. The number of fused-ring (bicyclic) bond motifs is 1. The Kier molecular flexibility index (Phi) is 6.39. The third kappa shape index (κ3) is 5.04. The quantitative estimate of drug-likeness (QED) is 0.747. The summed E-state index contributed by atoms with van der Waals surface area (Å²) in [7, 11) is -4.04. The zero-order valence-electron chi connectivity index (χ0n) is 16.1.